The lowest BCUT2D eigenvalue weighted by Gasteiger charge is -2.29. The summed E-state index contributed by atoms with van der Waals surface area (Å²) in [4.78, 5) is 0. The molecule has 1 atom stereocenters. The number of alkyl halides is 3. The lowest BCUT2D eigenvalue weighted by Crippen LogP contribution is -2.34. The molecule has 0 aromatic heterocycles. The minimum atomic E-state index is -4.19. The van der Waals surface area contributed by atoms with E-state index < -0.39 is 22.6 Å². The number of hydrogen-bond acceptors (Lipinski definition) is 3. The van der Waals surface area contributed by atoms with E-state index in [1.165, 1.54) is 0 Å². The molecular formula is C11H22F3NO3S. The van der Waals surface area contributed by atoms with Crippen molar-refractivity contribution in [3.63, 3.8) is 0 Å². The Morgan fingerprint density at radius 3 is 2.11 bits per heavy atom. The maximum Gasteiger partial charge on any atom is 0.389 e. The zero-order valence-corrected chi connectivity index (χ0v) is 12.3. The monoisotopic (exact) mass is 305 g/mol. The molecule has 0 rings (SSSR count). The van der Waals surface area contributed by atoms with E-state index in [-0.39, 0.29) is 36.7 Å². The van der Waals surface area contributed by atoms with Gasteiger partial charge in [-0.05, 0) is 11.8 Å². The topological polar surface area (TPSA) is 69.4 Å². The van der Waals surface area contributed by atoms with Gasteiger partial charge in [-0.3, -0.25) is 0 Å². The fourth-order valence-electron chi connectivity index (χ4n) is 1.43. The summed E-state index contributed by atoms with van der Waals surface area (Å²) >= 11 is 0. The minimum absolute atomic E-state index is 0.0449. The van der Waals surface area contributed by atoms with E-state index in [1.54, 1.807) is 0 Å². The third-order valence-electron chi connectivity index (χ3n) is 2.73. The summed E-state index contributed by atoms with van der Waals surface area (Å²) in [6, 6.07) is 0. The molecule has 0 radical (unpaired) electrons. The fourth-order valence-corrected chi connectivity index (χ4v) is 2.59. The number of ether oxygens (including phenoxy) is 1. The summed E-state index contributed by atoms with van der Waals surface area (Å²) in [5, 5.41) is 4.99. The van der Waals surface area contributed by atoms with Gasteiger partial charge in [0.1, 0.15) is 0 Å². The normalized spacial score (nSPS) is 15.5. The van der Waals surface area contributed by atoms with Gasteiger partial charge < -0.3 is 4.74 Å². The van der Waals surface area contributed by atoms with Gasteiger partial charge in [-0.1, -0.05) is 20.8 Å². The first-order valence-electron chi connectivity index (χ1n) is 5.96. The molecule has 0 heterocycles. The van der Waals surface area contributed by atoms with E-state index in [4.69, 9.17) is 9.88 Å². The van der Waals surface area contributed by atoms with Crippen LogP contribution in [-0.2, 0) is 14.8 Å². The number of hydrogen-bond donors (Lipinski definition) is 1. The van der Waals surface area contributed by atoms with Gasteiger partial charge in [0.25, 0.3) is 0 Å². The second-order valence-corrected chi connectivity index (χ2v) is 7.35. The van der Waals surface area contributed by atoms with E-state index in [1.807, 2.05) is 20.8 Å². The molecule has 0 amide bonds. The molecule has 116 valence electrons. The van der Waals surface area contributed by atoms with Crippen molar-refractivity contribution in [2.24, 2.45) is 16.5 Å². The van der Waals surface area contributed by atoms with E-state index in [0.29, 0.717) is 0 Å². The van der Waals surface area contributed by atoms with Crippen LogP contribution in [0.1, 0.15) is 33.6 Å². The lowest BCUT2D eigenvalue weighted by atomic mass is 9.82. The van der Waals surface area contributed by atoms with E-state index >= 15 is 0 Å². The second-order valence-electron chi connectivity index (χ2n) is 5.69. The van der Waals surface area contributed by atoms with Gasteiger partial charge in [-0.25, -0.2) is 13.6 Å². The average molecular weight is 305 g/mol. The van der Waals surface area contributed by atoms with Gasteiger partial charge in [0.2, 0.25) is 10.0 Å². The van der Waals surface area contributed by atoms with E-state index in [2.05, 4.69) is 0 Å². The number of primary sulfonamides is 1. The van der Waals surface area contributed by atoms with Gasteiger partial charge >= 0.3 is 6.18 Å². The first-order chi connectivity index (χ1) is 8.31. The Labute approximate surface area is 112 Å². The van der Waals surface area contributed by atoms with Crippen LogP contribution >= 0.6 is 0 Å². The molecule has 0 aliphatic heterocycles. The van der Waals surface area contributed by atoms with Crippen molar-refractivity contribution in [3.8, 4) is 0 Å². The van der Waals surface area contributed by atoms with Crippen LogP contribution in [0.25, 0.3) is 0 Å². The Kier molecular flexibility index (Phi) is 6.77. The third-order valence-corrected chi connectivity index (χ3v) is 3.59. The third kappa shape index (κ3) is 11.2. The summed E-state index contributed by atoms with van der Waals surface area (Å²) in [5.41, 5.74) is -0.351. The molecule has 0 bridgehead atoms. The molecule has 0 aliphatic rings. The number of halogens is 3. The zero-order valence-electron chi connectivity index (χ0n) is 11.5. The van der Waals surface area contributed by atoms with Crippen molar-refractivity contribution in [1.29, 1.82) is 0 Å². The maximum atomic E-state index is 11.9. The van der Waals surface area contributed by atoms with E-state index in [9.17, 15) is 21.6 Å². The Bertz CT molecular complexity index is 360. The summed E-state index contributed by atoms with van der Waals surface area (Å²) < 4.78 is 63.0. The Hall–Kier alpha value is -0.340. The van der Waals surface area contributed by atoms with Crippen LogP contribution in [-0.4, -0.2) is 33.6 Å². The molecule has 2 N–H and O–H groups in total. The smallest absolute Gasteiger partial charge is 0.381 e. The fraction of sp³-hybridized carbons (Fsp3) is 1.00. The molecular weight excluding hydrogens is 283 g/mol. The van der Waals surface area contributed by atoms with Crippen LogP contribution in [0.3, 0.4) is 0 Å². The summed E-state index contributed by atoms with van der Waals surface area (Å²) in [6.07, 6.45) is -5.22. The Balaban J connectivity index is 4.16. The number of sulfonamides is 1. The van der Waals surface area contributed by atoms with Gasteiger partial charge in [0, 0.05) is 18.9 Å². The predicted octanol–water partition coefficient (Wildman–Crippen LogP) is 2.30. The van der Waals surface area contributed by atoms with Gasteiger partial charge in [-0.15, -0.1) is 0 Å². The van der Waals surface area contributed by atoms with Crippen molar-refractivity contribution in [1.82, 2.24) is 0 Å². The van der Waals surface area contributed by atoms with Crippen LogP contribution < -0.4 is 5.14 Å². The van der Waals surface area contributed by atoms with Crippen LogP contribution in [0.5, 0.6) is 0 Å². The molecule has 0 fully saturated rings. The second kappa shape index (κ2) is 6.90. The number of rotatable bonds is 7. The lowest BCUT2D eigenvalue weighted by molar-refractivity contribution is -0.138. The SMILES string of the molecule is CC(C)(C)C(COCCCC(F)(F)F)CS(N)(=O)=O. The van der Waals surface area contributed by atoms with Gasteiger partial charge in [-0.2, -0.15) is 13.2 Å². The highest BCUT2D eigenvalue weighted by Gasteiger charge is 2.29. The molecule has 0 aliphatic carbocycles. The Morgan fingerprint density at radius 1 is 1.21 bits per heavy atom. The molecule has 0 aromatic carbocycles. The summed E-state index contributed by atoms with van der Waals surface area (Å²) in [7, 11) is -3.63. The van der Waals surface area contributed by atoms with Crippen LogP contribution in [0.15, 0.2) is 0 Å². The van der Waals surface area contributed by atoms with Crippen LogP contribution in [0.2, 0.25) is 0 Å². The highest BCUT2D eigenvalue weighted by molar-refractivity contribution is 7.89. The van der Waals surface area contributed by atoms with Gasteiger partial charge in [0.05, 0.1) is 12.4 Å². The van der Waals surface area contributed by atoms with Crippen molar-refractivity contribution < 1.29 is 26.3 Å². The first kappa shape index (κ1) is 18.7. The zero-order chi connectivity index (χ0) is 15.3. The van der Waals surface area contributed by atoms with E-state index in [0.717, 1.165) is 0 Å². The van der Waals surface area contributed by atoms with Crippen LogP contribution in [0.4, 0.5) is 13.2 Å². The quantitative estimate of drug-likeness (QED) is 0.734. The maximum absolute atomic E-state index is 11.9. The molecule has 4 nitrogen and oxygen atoms in total. The van der Waals surface area contributed by atoms with Crippen LogP contribution in [0, 0.1) is 11.3 Å². The highest BCUT2D eigenvalue weighted by Crippen LogP contribution is 2.27. The molecule has 0 saturated carbocycles. The standard InChI is InChI=1S/C11H22F3NO3S/c1-10(2,3)9(8-19(15,16)17)7-18-6-4-5-11(12,13)14/h9H,4-8H2,1-3H3,(H2,15,16,17). The summed E-state index contributed by atoms with van der Waals surface area (Å²) in [5.74, 6) is -0.594. The minimum Gasteiger partial charge on any atom is -0.381 e. The largest absolute Gasteiger partial charge is 0.389 e. The molecule has 0 saturated heterocycles. The Morgan fingerprint density at radius 2 is 1.74 bits per heavy atom. The van der Waals surface area contributed by atoms with Crippen molar-refractivity contribution in [3.05, 3.63) is 0 Å². The van der Waals surface area contributed by atoms with Crippen molar-refractivity contribution in [2.45, 2.75) is 39.8 Å². The number of nitrogens with two attached hydrogens (primary N) is 1. The molecule has 0 aromatic rings. The highest BCUT2D eigenvalue weighted by atomic mass is 32.2. The van der Waals surface area contributed by atoms with Crippen molar-refractivity contribution in [2.75, 3.05) is 19.0 Å². The first-order valence-corrected chi connectivity index (χ1v) is 7.68. The van der Waals surface area contributed by atoms with Gasteiger partial charge in [0.15, 0.2) is 0 Å². The molecule has 19 heavy (non-hydrogen) atoms. The molecule has 8 heteroatoms. The average Bonchev–Trinajstić information content (AvgIpc) is 2.10. The summed E-state index contributed by atoms with van der Waals surface area (Å²) in [6.45, 7) is 5.54. The molecule has 1 unspecified atom stereocenters. The molecule has 0 spiro atoms. The predicted molar refractivity (Wildman–Crippen MR) is 67.0 cm³/mol. The van der Waals surface area contributed by atoms with Crippen molar-refractivity contribution >= 4 is 10.0 Å².